The molecule has 0 saturated carbocycles. The third-order valence-corrected chi connectivity index (χ3v) is 6.84. The molecule has 28 heavy (non-hydrogen) atoms. The van der Waals surface area contributed by atoms with Crippen LogP contribution < -0.4 is 5.56 Å². The highest BCUT2D eigenvalue weighted by Crippen LogP contribution is 2.36. The summed E-state index contributed by atoms with van der Waals surface area (Å²) >= 11 is 13.9. The van der Waals surface area contributed by atoms with Gasteiger partial charge in [-0.3, -0.25) is 4.79 Å². The first kappa shape index (κ1) is 18.0. The first-order chi connectivity index (χ1) is 13.6. The van der Waals surface area contributed by atoms with Crippen LogP contribution in [0.15, 0.2) is 39.5 Å². The van der Waals surface area contributed by atoms with Crippen LogP contribution in [0.1, 0.15) is 29.7 Å². The van der Waals surface area contributed by atoms with Gasteiger partial charge >= 0.3 is 0 Å². The average molecular weight is 431 g/mol. The molecular formula is C21H16Cl2N2O2S. The lowest BCUT2D eigenvalue weighted by atomic mass is 10.1. The second-order valence-electron chi connectivity index (χ2n) is 6.95. The van der Waals surface area contributed by atoms with Crippen molar-refractivity contribution >= 4 is 44.8 Å². The van der Waals surface area contributed by atoms with Gasteiger partial charge in [0, 0.05) is 15.5 Å². The van der Waals surface area contributed by atoms with E-state index in [2.05, 4.69) is 4.98 Å². The molecule has 1 aliphatic carbocycles. The number of H-pyrrole nitrogens is 1. The van der Waals surface area contributed by atoms with Crippen molar-refractivity contribution < 1.29 is 4.42 Å². The molecule has 1 aromatic carbocycles. The molecule has 142 valence electrons. The molecule has 0 radical (unpaired) electrons. The number of aryl methyl sites for hydroxylation is 2. The van der Waals surface area contributed by atoms with Crippen LogP contribution in [0.25, 0.3) is 33.1 Å². The van der Waals surface area contributed by atoms with Crippen LogP contribution in [0.2, 0.25) is 10.0 Å². The van der Waals surface area contributed by atoms with Gasteiger partial charge in [-0.2, -0.15) is 0 Å². The van der Waals surface area contributed by atoms with E-state index in [-0.39, 0.29) is 5.56 Å². The molecule has 7 heteroatoms. The molecular weight excluding hydrogens is 415 g/mol. The van der Waals surface area contributed by atoms with Crippen molar-refractivity contribution in [2.75, 3.05) is 0 Å². The van der Waals surface area contributed by atoms with Gasteiger partial charge in [0.1, 0.15) is 10.6 Å². The minimum Gasteiger partial charge on any atom is -0.453 e. The van der Waals surface area contributed by atoms with E-state index in [4.69, 9.17) is 32.6 Å². The molecule has 0 fully saturated rings. The number of thiophene rings is 1. The first-order valence-corrected chi connectivity index (χ1v) is 10.8. The van der Waals surface area contributed by atoms with Gasteiger partial charge in [-0.1, -0.05) is 29.6 Å². The molecule has 0 bridgehead atoms. The number of aromatic amines is 1. The summed E-state index contributed by atoms with van der Waals surface area (Å²) in [5.41, 5.74) is 1.83. The normalized spacial score (nSPS) is 14.2. The van der Waals surface area contributed by atoms with Crippen LogP contribution in [0.3, 0.4) is 0 Å². The molecule has 4 nitrogen and oxygen atoms in total. The topological polar surface area (TPSA) is 58.9 Å². The molecule has 0 amide bonds. The SMILES string of the molecule is O=c1[nH]c(-c2ccc(-c3ccc(Cl)cc3Cl)o2)nc2sc3c(c12)CCCCC3. The highest BCUT2D eigenvalue weighted by atomic mass is 35.5. The zero-order valence-corrected chi connectivity index (χ0v) is 17.2. The number of hydrogen-bond donors (Lipinski definition) is 1. The van der Waals surface area contributed by atoms with Gasteiger partial charge in [-0.05, 0) is 61.6 Å². The van der Waals surface area contributed by atoms with E-state index in [1.807, 2.05) is 12.1 Å². The number of halogens is 2. The van der Waals surface area contributed by atoms with Gasteiger partial charge in [0.15, 0.2) is 11.6 Å². The Kier molecular flexibility index (Phi) is 4.54. The Morgan fingerprint density at radius 2 is 1.86 bits per heavy atom. The Bertz CT molecular complexity index is 1260. The number of fused-ring (bicyclic) bond motifs is 3. The fraction of sp³-hybridized carbons (Fsp3) is 0.238. The van der Waals surface area contributed by atoms with E-state index in [1.54, 1.807) is 29.5 Å². The Labute approximate surface area is 175 Å². The molecule has 1 aliphatic rings. The van der Waals surface area contributed by atoms with Crippen LogP contribution >= 0.6 is 34.5 Å². The average Bonchev–Trinajstić information content (AvgIpc) is 3.21. The fourth-order valence-electron chi connectivity index (χ4n) is 3.76. The number of nitrogens with one attached hydrogen (secondary N) is 1. The van der Waals surface area contributed by atoms with Gasteiger partial charge < -0.3 is 9.40 Å². The summed E-state index contributed by atoms with van der Waals surface area (Å²) in [5, 5.41) is 1.82. The van der Waals surface area contributed by atoms with Gasteiger partial charge in [0.25, 0.3) is 5.56 Å². The molecule has 1 N–H and O–H groups in total. The second-order valence-corrected chi connectivity index (χ2v) is 8.87. The zero-order chi connectivity index (χ0) is 19.3. The van der Waals surface area contributed by atoms with Crippen molar-refractivity contribution in [1.82, 2.24) is 9.97 Å². The Morgan fingerprint density at radius 1 is 1.04 bits per heavy atom. The molecule has 0 saturated heterocycles. The van der Waals surface area contributed by atoms with Crippen LogP contribution in [0, 0.1) is 0 Å². The standard InChI is InChI=1S/C21H16Cl2N2O2S/c22-11-6-7-12(14(23)10-11)15-8-9-16(27-15)19-24-20(26)18-13-4-2-1-3-5-17(13)28-21(18)25-19/h6-10H,1-5H2,(H,24,25,26). The summed E-state index contributed by atoms with van der Waals surface area (Å²) < 4.78 is 5.95. The van der Waals surface area contributed by atoms with E-state index < -0.39 is 0 Å². The third kappa shape index (κ3) is 3.08. The third-order valence-electron chi connectivity index (χ3n) is 5.11. The van der Waals surface area contributed by atoms with Gasteiger partial charge in [0.05, 0.1) is 10.4 Å². The van der Waals surface area contributed by atoms with Gasteiger partial charge in [-0.25, -0.2) is 4.98 Å². The maximum Gasteiger partial charge on any atom is 0.260 e. The largest absolute Gasteiger partial charge is 0.453 e. The summed E-state index contributed by atoms with van der Waals surface area (Å²) in [6, 6.07) is 8.85. The Hall–Kier alpha value is -2.08. The van der Waals surface area contributed by atoms with Crippen molar-refractivity contribution in [3.05, 3.63) is 61.2 Å². The predicted molar refractivity (Wildman–Crippen MR) is 115 cm³/mol. The highest BCUT2D eigenvalue weighted by Gasteiger charge is 2.20. The van der Waals surface area contributed by atoms with Gasteiger partial charge in [-0.15, -0.1) is 11.3 Å². The molecule has 0 atom stereocenters. The molecule has 0 unspecified atom stereocenters. The number of benzene rings is 1. The van der Waals surface area contributed by atoms with Crippen molar-refractivity contribution in [3.63, 3.8) is 0 Å². The van der Waals surface area contributed by atoms with Crippen LogP contribution in [-0.4, -0.2) is 9.97 Å². The summed E-state index contributed by atoms with van der Waals surface area (Å²) in [7, 11) is 0. The first-order valence-electron chi connectivity index (χ1n) is 9.20. The van der Waals surface area contributed by atoms with Crippen molar-refractivity contribution in [3.8, 4) is 22.9 Å². The molecule has 0 spiro atoms. The van der Waals surface area contributed by atoms with E-state index in [0.717, 1.165) is 35.0 Å². The Balaban J connectivity index is 1.59. The smallest absolute Gasteiger partial charge is 0.260 e. The minimum absolute atomic E-state index is 0.0955. The van der Waals surface area contributed by atoms with E-state index in [0.29, 0.717) is 27.4 Å². The number of rotatable bonds is 2. The number of aromatic nitrogens is 2. The number of furan rings is 1. The summed E-state index contributed by atoms with van der Waals surface area (Å²) in [6.45, 7) is 0. The Morgan fingerprint density at radius 3 is 2.71 bits per heavy atom. The van der Waals surface area contributed by atoms with Crippen molar-refractivity contribution in [2.24, 2.45) is 0 Å². The molecule has 3 aromatic heterocycles. The predicted octanol–water partition coefficient (Wildman–Crippen LogP) is 6.49. The monoisotopic (exact) mass is 430 g/mol. The van der Waals surface area contributed by atoms with E-state index in [1.165, 1.54) is 23.3 Å². The van der Waals surface area contributed by atoms with E-state index in [9.17, 15) is 4.79 Å². The molecule has 0 aliphatic heterocycles. The van der Waals surface area contributed by atoms with Crippen LogP contribution in [-0.2, 0) is 12.8 Å². The maximum atomic E-state index is 12.8. The minimum atomic E-state index is -0.0955. The lowest BCUT2D eigenvalue weighted by Crippen LogP contribution is -2.09. The van der Waals surface area contributed by atoms with Crippen LogP contribution in [0.5, 0.6) is 0 Å². The lowest BCUT2D eigenvalue weighted by molar-refractivity contribution is 0.592. The zero-order valence-electron chi connectivity index (χ0n) is 14.9. The van der Waals surface area contributed by atoms with E-state index >= 15 is 0 Å². The van der Waals surface area contributed by atoms with Crippen molar-refractivity contribution in [1.29, 1.82) is 0 Å². The fourth-order valence-corrected chi connectivity index (χ4v) is 5.52. The second kappa shape index (κ2) is 7.07. The highest BCUT2D eigenvalue weighted by molar-refractivity contribution is 7.18. The molecule has 3 heterocycles. The van der Waals surface area contributed by atoms with Gasteiger partial charge in [0.2, 0.25) is 0 Å². The summed E-state index contributed by atoms with van der Waals surface area (Å²) in [5.74, 6) is 1.54. The molecule has 5 rings (SSSR count). The summed E-state index contributed by atoms with van der Waals surface area (Å²) in [6.07, 6.45) is 5.51. The van der Waals surface area contributed by atoms with Crippen LogP contribution in [0.4, 0.5) is 0 Å². The molecule has 4 aromatic rings. The maximum absolute atomic E-state index is 12.8. The quantitative estimate of drug-likeness (QED) is 0.369. The number of hydrogen-bond acceptors (Lipinski definition) is 4. The lowest BCUT2D eigenvalue weighted by Gasteiger charge is -2.02. The van der Waals surface area contributed by atoms with Crippen molar-refractivity contribution in [2.45, 2.75) is 32.1 Å². The summed E-state index contributed by atoms with van der Waals surface area (Å²) in [4.78, 5) is 22.5. The number of nitrogens with zero attached hydrogens (tertiary/aromatic N) is 1.